The van der Waals surface area contributed by atoms with Crippen LogP contribution in [-0.4, -0.2) is 29.1 Å². The van der Waals surface area contributed by atoms with Gasteiger partial charge in [-0.25, -0.2) is 0 Å². The summed E-state index contributed by atoms with van der Waals surface area (Å²) in [6.45, 7) is 3.55. The maximum Gasteiger partial charge on any atom is 0.311 e. The summed E-state index contributed by atoms with van der Waals surface area (Å²) in [7, 11) is 0. The minimum atomic E-state index is -0.637. The Bertz CT molecular complexity index is 577. The molecule has 1 unspecified atom stereocenters. The summed E-state index contributed by atoms with van der Waals surface area (Å²) in [6.07, 6.45) is 2.84. The second-order valence-electron chi connectivity index (χ2n) is 6.32. The summed E-state index contributed by atoms with van der Waals surface area (Å²) in [5.41, 5.74) is 0.467. The van der Waals surface area contributed by atoms with Crippen LogP contribution in [0.1, 0.15) is 37.8 Å². The lowest BCUT2D eigenvalue weighted by atomic mass is 9.81. The van der Waals surface area contributed by atoms with Gasteiger partial charge >= 0.3 is 5.97 Å². The highest BCUT2D eigenvalue weighted by Crippen LogP contribution is 2.51. The van der Waals surface area contributed by atoms with Crippen LogP contribution in [0.2, 0.25) is 10.0 Å². The van der Waals surface area contributed by atoms with Crippen LogP contribution in [0, 0.1) is 11.3 Å². The van der Waals surface area contributed by atoms with Crippen LogP contribution >= 0.6 is 23.2 Å². The van der Waals surface area contributed by atoms with Gasteiger partial charge in [0.05, 0.1) is 5.41 Å². The number of carboxylic acid groups (broad SMARTS) is 1. The van der Waals surface area contributed by atoms with Crippen molar-refractivity contribution in [3.8, 4) is 0 Å². The highest BCUT2D eigenvalue weighted by Gasteiger charge is 2.55. The summed E-state index contributed by atoms with van der Waals surface area (Å²) in [5, 5.41) is 10.9. The number of carboxylic acids is 1. The molecule has 1 aromatic rings. The van der Waals surface area contributed by atoms with Gasteiger partial charge in [-0.2, -0.15) is 0 Å². The number of aliphatic carboxylic acids is 1. The van der Waals surface area contributed by atoms with Crippen molar-refractivity contribution in [2.24, 2.45) is 11.3 Å². The van der Waals surface area contributed by atoms with Gasteiger partial charge in [-0.1, -0.05) is 35.7 Å². The molecule has 114 valence electrons. The molecule has 0 amide bonds. The van der Waals surface area contributed by atoms with E-state index < -0.39 is 11.4 Å². The third-order valence-electron chi connectivity index (χ3n) is 5.28. The predicted octanol–water partition coefficient (Wildman–Crippen LogP) is 4.24. The Kier molecular flexibility index (Phi) is 3.93. The van der Waals surface area contributed by atoms with Crippen LogP contribution in [-0.2, 0) is 4.79 Å². The summed E-state index contributed by atoms with van der Waals surface area (Å²) in [4.78, 5) is 14.0. The Balaban J connectivity index is 1.84. The van der Waals surface area contributed by atoms with Crippen molar-refractivity contribution in [2.45, 2.75) is 32.2 Å². The lowest BCUT2D eigenvalue weighted by molar-refractivity contribution is -0.149. The molecule has 0 radical (unpaired) electrons. The van der Waals surface area contributed by atoms with Crippen LogP contribution in [0.4, 0.5) is 0 Å². The maximum atomic E-state index is 11.8. The van der Waals surface area contributed by atoms with E-state index in [0.29, 0.717) is 16.6 Å². The molecule has 1 aliphatic carbocycles. The second-order valence-corrected chi connectivity index (χ2v) is 7.17. The molecule has 1 saturated carbocycles. The van der Waals surface area contributed by atoms with Crippen molar-refractivity contribution >= 4 is 29.2 Å². The molecule has 2 aliphatic rings. The van der Waals surface area contributed by atoms with Crippen LogP contribution in [0.3, 0.4) is 0 Å². The van der Waals surface area contributed by atoms with Gasteiger partial charge in [0.15, 0.2) is 0 Å². The van der Waals surface area contributed by atoms with Crippen molar-refractivity contribution in [3.05, 3.63) is 33.8 Å². The number of rotatable bonds is 3. The number of halogens is 2. The van der Waals surface area contributed by atoms with E-state index in [9.17, 15) is 9.90 Å². The zero-order chi connectivity index (χ0) is 15.2. The number of hydrogen-bond donors (Lipinski definition) is 1. The van der Waals surface area contributed by atoms with E-state index in [1.807, 2.05) is 12.1 Å². The first-order valence-electron chi connectivity index (χ1n) is 7.36. The van der Waals surface area contributed by atoms with E-state index in [4.69, 9.17) is 23.2 Å². The van der Waals surface area contributed by atoms with Gasteiger partial charge in [-0.05, 0) is 43.4 Å². The van der Waals surface area contributed by atoms with Gasteiger partial charge < -0.3 is 5.11 Å². The van der Waals surface area contributed by atoms with Crippen molar-refractivity contribution in [1.29, 1.82) is 0 Å². The van der Waals surface area contributed by atoms with Gasteiger partial charge in [0, 0.05) is 29.2 Å². The van der Waals surface area contributed by atoms with Gasteiger partial charge in [0.1, 0.15) is 0 Å². The number of likely N-dealkylation sites (tertiary alicyclic amines) is 1. The number of nitrogens with zero attached hydrogens (tertiary/aromatic N) is 1. The van der Waals surface area contributed by atoms with Gasteiger partial charge in [-0.15, -0.1) is 0 Å². The number of carbonyl (C=O) groups is 1. The summed E-state index contributed by atoms with van der Waals surface area (Å²) in [6, 6.07) is 5.63. The molecule has 3 rings (SSSR count). The van der Waals surface area contributed by atoms with Crippen LogP contribution in [0.25, 0.3) is 0 Å². The first kappa shape index (κ1) is 15.1. The molecule has 0 spiro atoms. The number of benzene rings is 1. The molecule has 1 aliphatic heterocycles. The van der Waals surface area contributed by atoms with Crippen molar-refractivity contribution < 1.29 is 9.90 Å². The van der Waals surface area contributed by atoms with Crippen LogP contribution < -0.4 is 0 Å². The van der Waals surface area contributed by atoms with Gasteiger partial charge in [0.25, 0.3) is 0 Å². The standard InChI is InChI=1S/C16H19Cl2NO2/c1-10(13-5-4-12(17)7-14(13)18)19-8-11-3-2-6-16(11,9-19)15(20)21/h4-5,7,10-11H,2-3,6,8-9H2,1H3,(H,20,21)/t10?,11-,16+/m0/s1. The van der Waals surface area contributed by atoms with E-state index in [2.05, 4.69) is 11.8 Å². The normalized spacial score (nSPS) is 30.3. The summed E-state index contributed by atoms with van der Waals surface area (Å²) < 4.78 is 0. The molecule has 2 fully saturated rings. The minimum absolute atomic E-state index is 0.108. The molecule has 0 bridgehead atoms. The molecule has 3 nitrogen and oxygen atoms in total. The van der Waals surface area contributed by atoms with Crippen LogP contribution in [0.15, 0.2) is 18.2 Å². The second kappa shape index (κ2) is 5.45. The Morgan fingerprint density at radius 2 is 2.24 bits per heavy atom. The van der Waals surface area contributed by atoms with Gasteiger partial charge in [0.2, 0.25) is 0 Å². The van der Waals surface area contributed by atoms with Crippen LogP contribution in [0.5, 0.6) is 0 Å². The molecular formula is C16H19Cl2NO2. The van der Waals surface area contributed by atoms with E-state index in [1.54, 1.807) is 6.07 Å². The Morgan fingerprint density at radius 3 is 2.86 bits per heavy atom. The fourth-order valence-electron chi connectivity index (χ4n) is 4.01. The third kappa shape index (κ3) is 2.45. The highest BCUT2D eigenvalue weighted by atomic mass is 35.5. The molecule has 0 aromatic heterocycles. The Labute approximate surface area is 134 Å². The van der Waals surface area contributed by atoms with E-state index >= 15 is 0 Å². The predicted molar refractivity (Wildman–Crippen MR) is 83.9 cm³/mol. The summed E-state index contributed by atoms with van der Waals surface area (Å²) in [5.74, 6) is -0.370. The molecule has 1 N–H and O–H groups in total. The van der Waals surface area contributed by atoms with Crippen molar-refractivity contribution in [3.63, 3.8) is 0 Å². The fourth-order valence-corrected chi connectivity index (χ4v) is 4.58. The van der Waals surface area contributed by atoms with Crippen molar-refractivity contribution in [1.82, 2.24) is 4.90 Å². The third-order valence-corrected chi connectivity index (χ3v) is 5.85. The Morgan fingerprint density at radius 1 is 1.48 bits per heavy atom. The average Bonchev–Trinajstić information content (AvgIpc) is 2.95. The fraction of sp³-hybridized carbons (Fsp3) is 0.562. The van der Waals surface area contributed by atoms with Gasteiger partial charge in [-0.3, -0.25) is 9.69 Å². The SMILES string of the molecule is CC(c1ccc(Cl)cc1Cl)N1C[C@@H]2CCC[C@@]2(C(=O)O)C1. The number of fused-ring (bicyclic) bond motifs is 1. The van der Waals surface area contributed by atoms with E-state index in [0.717, 1.165) is 31.4 Å². The Hall–Kier alpha value is -0.770. The van der Waals surface area contributed by atoms with E-state index in [1.165, 1.54) is 0 Å². The average molecular weight is 328 g/mol. The lowest BCUT2D eigenvalue weighted by Gasteiger charge is -2.28. The smallest absolute Gasteiger partial charge is 0.311 e. The lowest BCUT2D eigenvalue weighted by Crippen LogP contribution is -2.36. The first-order chi connectivity index (χ1) is 9.94. The molecule has 1 heterocycles. The first-order valence-corrected chi connectivity index (χ1v) is 8.12. The quantitative estimate of drug-likeness (QED) is 0.902. The zero-order valence-electron chi connectivity index (χ0n) is 12.0. The maximum absolute atomic E-state index is 11.8. The number of hydrogen-bond acceptors (Lipinski definition) is 2. The highest BCUT2D eigenvalue weighted by molar-refractivity contribution is 6.35. The molecule has 3 atom stereocenters. The van der Waals surface area contributed by atoms with E-state index in [-0.39, 0.29) is 12.0 Å². The molecular weight excluding hydrogens is 309 g/mol. The van der Waals surface area contributed by atoms with Crippen molar-refractivity contribution in [2.75, 3.05) is 13.1 Å². The summed E-state index contributed by atoms with van der Waals surface area (Å²) >= 11 is 12.2. The molecule has 1 aromatic carbocycles. The topological polar surface area (TPSA) is 40.5 Å². The molecule has 5 heteroatoms. The molecule has 1 saturated heterocycles. The zero-order valence-corrected chi connectivity index (χ0v) is 13.5. The largest absolute Gasteiger partial charge is 0.481 e. The molecule has 21 heavy (non-hydrogen) atoms. The monoisotopic (exact) mass is 327 g/mol. The minimum Gasteiger partial charge on any atom is -0.481 e.